The first-order valence-electron chi connectivity index (χ1n) is 6.16. The SMILES string of the molecule is CN(CCCN)S(=O)(=O)NCCNC(=O)C1CC1. The summed E-state index contributed by atoms with van der Waals surface area (Å²) in [5.41, 5.74) is 5.32. The Morgan fingerprint density at radius 1 is 1.39 bits per heavy atom. The van der Waals surface area contributed by atoms with Gasteiger partial charge < -0.3 is 11.1 Å². The second kappa shape index (κ2) is 7.03. The molecule has 7 nitrogen and oxygen atoms in total. The van der Waals surface area contributed by atoms with Crippen molar-refractivity contribution in [3.63, 3.8) is 0 Å². The lowest BCUT2D eigenvalue weighted by Crippen LogP contribution is -2.42. The predicted octanol–water partition coefficient (Wildman–Crippen LogP) is -1.37. The maximum atomic E-state index is 11.7. The van der Waals surface area contributed by atoms with Crippen molar-refractivity contribution < 1.29 is 13.2 Å². The van der Waals surface area contributed by atoms with Crippen molar-refractivity contribution in [2.45, 2.75) is 19.3 Å². The Morgan fingerprint density at radius 3 is 2.61 bits per heavy atom. The van der Waals surface area contributed by atoms with Gasteiger partial charge in [0, 0.05) is 32.6 Å². The first-order valence-corrected chi connectivity index (χ1v) is 7.60. The average molecular weight is 278 g/mol. The Kier molecular flexibility index (Phi) is 6.00. The molecule has 0 aliphatic heterocycles. The molecule has 0 aromatic rings. The Bertz CT molecular complexity index is 367. The highest BCUT2D eigenvalue weighted by Gasteiger charge is 2.29. The van der Waals surface area contributed by atoms with E-state index in [1.807, 2.05) is 0 Å². The largest absolute Gasteiger partial charge is 0.355 e. The minimum absolute atomic E-state index is 0.0192. The van der Waals surface area contributed by atoms with Crippen LogP contribution in [0.4, 0.5) is 0 Å². The van der Waals surface area contributed by atoms with Gasteiger partial charge in [-0.1, -0.05) is 0 Å². The predicted molar refractivity (Wildman–Crippen MR) is 69.0 cm³/mol. The van der Waals surface area contributed by atoms with Crippen molar-refractivity contribution in [2.75, 3.05) is 33.2 Å². The number of nitrogens with zero attached hydrogens (tertiary/aromatic N) is 1. The normalized spacial score (nSPS) is 15.9. The number of carbonyl (C=O) groups is 1. The van der Waals surface area contributed by atoms with Gasteiger partial charge in [0.2, 0.25) is 5.91 Å². The van der Waals surface area contributed by atoms with Crippen molar-refractivity contribution in [1.29, 1.82) is 0 Å². The fraction of sp³-hybridized carbons (Fsp3) is 0.900. The van der Waals surface area contributed by atoms with E-state index < -0.39 is 10.2 Å². The van der Waals surface area contributed by atoms with Crippen LogP contribution in [-0.2, 0) is 15.0 Å². The van der Waals surface area contributed by atoms with Crippen molar-refractivity contribution >= 4 is 16.1 Å². The fourth-order valence-corrected chi connectivity index (χ4v) is 2.35. The lowest BCUT2D eigenvalue weighted by Gasteiger charge is -2.17. The van der Waals surface area contributed by atoms with Crippen LogP contribution in [0.5, 0.6) is 0 Å². The maximum absolute atomic E-state index is 11.7. The molecule has 4 N–H and O–H groups in total. The summed E-state index contributed by atoms with van der Waals surface area (Å²) < 4.78 is 27.0. The highest BCUT2D eigenvalue weighted by molar-refractivity contribution is 7.87. The molecule has 1 rings (SSSR count). The summed E-state index contributed by atoms with van der Waals surface area (Å²) in [6.07, 6.45) is 2.51. The summed E-state index contributed by atoms with van der Waals surface area (Å²) in [4.78, 5) is 11.3. The van der Waals surface area contributed by atoms with Crippen molar-refractivity contribution in [3.05, 3.63) is 0 Å². The van der Waals surface area contributed by atoms with Gasteiger partial charge in [-0.05, 0) is 25.8 Å². The number of hydrogen-bond donors (Lipinski definition) is 3. The summed E-state index contributed by atoms with van der Waals surface area (Å²) in [6, 6.07) is 0. The van der Waals surface area contributed by atoms with Crippen molar-refractivity contribution in [1.82, 2.24) is 14.3 Å². The second-order valence-corrected chi connectivity index (χ2v) is 6.29. The monoisotopic (exact) mass is 278 g/mol. The van der Waals surface area contributed by atoms with E-state index in [1.165, 1.54) is 11.4 Å². The summed E-state index contributed by atoms with van der Waals surface area (Å²) in [5.74, 6) is 0.166. The number of rotatable bonds is 9. The molecule has 0 unspecified atom stereocenters. The zero-order chi connectivity index (χ0) is 13.6. The maximum Gasteiger partial charge on any atom is 0.279 e. The van der Waals surface area contributed by atoms with Crippen LogP contribution in [0.25, 0.3) is 0 Å². The van der Waals surface area contributed by atoms with Gasteiger partial charge in [-0.15, -0.1) is 0 Å². The van der Waals surface area contributed by atoms with Crippen molar-refractivity contribution in [3.8, 4) is 0 Å². The third kappa shape index (κ3) is 5.30. The van der Waals surface area contributed by atoms with Gasteiger partial charge in [0.25, 0.3) is 10.2 Å². The van der Waals surface area contributed by atoms with E-state index in [4.69, 9.17) is 5.73 Å². The van der Waals surface area contributed by atoms with E-state index in [2.05, 4.69) is 10.0 Å². The van der Waals surface area contributed by atoms with E-state index in [0.29, 0.717) is 26.1 Å². The average Bonchev–Trinajstić information content (AvgIpc) is 3.15. The topological polar surface area (TPSA) is 105 Å². The van der Waals surface area contributed by atoms with Gasteiger partial charge in [0.1, 0.15) is 0 Å². The quantitative estimate of drug-likeness (QED) is 0.452. The van der Waals surface area contributed by atoms with Crippen LogP contribution in [-0.4, -0.2) is 51.9 Å². The summed E-state index contributed by atoms with van der Waals surface area (Å²) in [7, 11) is -1.96. The molecule has 0 aromatic carbocycles. The van der Waals surface area contributed by atoms with E-state index in [0.717, 1.165) is 12.8 Å². The number of carbonyl (C=O) groups excluding carboxylic acids is 1. The summed E-state index contributed by atoms with van der Waals surface area (Å²) in [6.45, 7) is 1.37. The molecule has 1 amide bonds. The number of nitrogens with two attached hydrogens (primary N) is 1. The third-order valence-corrected chi connectivity index (χ3v) is 4.32. The number of nitrogens with one attached hydrogen (secondary N) is 2. The highest BCUT2D eigenvalue weighted by atomic mass is 32.2. The first kappa shape index (κ1) is 15.4. The highest BCUT2D eigenvalue weighted by Crippen LogP contribution is 2.28. The molecular weight excluding hydrogens is 256 g/mol. The van der Waals surface area contributed by atoms with Crippen LogP contribution >= 0.6 is 0 Å². The van der Waals surface area contributed by atoms with Crippen LogP contribution in [0.15, 0.2) is 0 Å². The zero-order valence-electron chi connectivity index (χ0n) is 10.7. The van der Waals surface area contributed by atoms with Crippen molar-refractivity contribution in [2.24, 2.45) is 11.7 Å². The molecule has 1 aliphatic carbocycles. The van der Waals surface area contributed by atoms with Gasteiger partial charge in [-0.2, -0.15) is 12.7 Å². The minimum Gasteiger partial charge on any atom is -0.355 e. The Balaban J connectivity index is 2.17. The molecule has 18 heavy (non-hydrogen) atoms. The van der Waals surface area contributed by atoms with E-state index in [1.54, 1.807) is 0 Å². The molecular formula is C10H22N4O3S. The lowest BCUT2D eigenvalue weighted by atomic mass is 10.4. The van der Waals surface area contributed by atoms with Crippen LogP contribution in [0.2, 0.25) is 0 Å². The van der Waals surface area contributed by atoms with Gasteiger partial charge >= 0.3 is 0 Å². The van der Waals surface area contributed by atoms with E-state index in [-0.39, 0.29) is 18.4 Å². The molecule has 0 spiro atoms. The molecule has 8 heteroatoms. The second-order valence-electron chi connectivity index (χ2n) is 4.43. The lowest BCUT2D eigenvalue weighted by molar-refractivity contribution is -0.122. The Morgan fingerprint density at radius 2 is 2.06 bits per heavy atom. The molecule has 1 aliphatic rings. The van der Waals surface area contributed by atoms with Crippen LogP contribution in [0.1, 0.15) is 19.3 Å². The Labute approximate surface area is 108 Å². The van der Waals surface area contributed by atoms with Gasteiger partial charge in [0.05, 0.1) is 0 Å². The number of hydrogen-bond acceptors (Lipinski definition) is 4. The van der Waals surface area contributed by atoms with Crippen LogP contribution in [0.3, 0.4) is 0 Å². The van der Waals surface area contributed by atoms with Gasteiger partial charge in [-0.3, -0.25) is 4.79 Å². The molecule has 0 aromatic heterocycles. The van der Waals surface area contributed by atoms with Gasteiger partial charge in [-0.25, -0.2) is 4.72 Å². The van der Waals surface area contributed by atoms with Gasteiger partial charge in [0.15, 0.2) is 0 Å². The fourth-order valence-electron chi connectivity index (χ4n) is 1.40. The minimum atomic E-state index is -3.46. The molecule has 0 bridgehead atoms. The molecule has 106 valence electrons. The molecule has 0 saturated heterocycles. The van der Waals surface area contributed by atoms with Crippen LogP contribution in [0, 0.1) is 5.92 Å². The van der Waals surface area contributed by atoms with E-state index in [9.17, 15) is 13.2 Å². The standard InChI is InChI=1S/C10H22N4O3S/c1-14(8-2-5-11)18(16,17)13-7-6-12-10(15)9-3-4-9/h9,13H,2-8,11H2,1H3,(H,12,15). The Hall–Kier alpha value is -0.700. The number of amides is 1. The molecule has 0 heterocycles. The molecule has 1 saturated carbocycles. The summed E-state index contributed by atoms with van der Waals surface area (Å²) >= 11 is 0. The summed E-state index contributed by atoms with van der Waals surface area (Å²) in [5, 5.41) is 2.69. The molecule has 0 radical (unpaired) electrons. The third-order valence-electron chi connectivity index (χ3n) is 2.74. The smallest absolute Gasteiger partial charge is 0.279 e. The molecule has 1 fully saturated rings. The molecule has 0 atom stereocenters. The van der Waals surface area contributed by atoms with E-state index >= 15 is 0 Å². The first-order chi connectivity index (χ1) is 8.47. The van der Waals surface area contributed by atoms with Crippen LogP contribution < -0.4 is 15.8 Å². The zero-order valence-corrected chi connectivity index (χ0v) is 11.5.